The fourth-order valence-corrected chi connectivity index (χ4v) is 2.19. The van der Waals surface area contributed by atoms with Gasteiger partial charge in [0.25, 0.3) is 0 Å². The lowest BCUT2D eigenvalue weighted by atomic mass is 10.0. The summed E-state index contributed by atoms with van der Waals surface area (Å²) in [5.41, 5.74) is 3.03. The van der Waals surface area contributed by atoms with E-state index in [-0.39, 0.29) is 6.42 Å². The van der Waals surface area contributed by atoms with E-state index in [0.29, 0.717) is 29.5 Å². The van der Waals surface area contributed by atoms with Crippen molar-refractivity contribution in [3.8, 4) is 5.75 Å². The number of aromatic hydroxyl groups is 1. The van der Waals surface area contributed by atoms with Gasteiger partial charge in [-0.15, -0.1) is 0 Å². The summed E-state index contributed by atoms with van der Waals surface area (Å²) in [6, 6.07) is 3.75. The van der Waals surface area contributed by atoms with Crippen LogP contribution in [0.1, 0.15) is 34.0 Å². The van der Waals surface area contributed by atoms with Crippen LogP contribution in [0, 0.1) is 20.8 Å². The predicted molar refractivity (Wildman–Crippen MR) is 73.0 cm³/mol. The summed E-state index contributed by atoms with van der Waals surface area (Å²) in [7, 11) is 0. The number of rotatable bonds is 4. The molecule has 20 heavy (non-hydrogen) atoms. The first-order chi connectivity index (χ1) is 9.36. The van der Waals surface area contributed by atoms with E-state index in [2.05, 4.69) is 4.98 Å². The molecule has 5 heteroatoms. The van der Waals surface area contributed by atoms with Crippen molar-refractivity contribution in [1.82, 2.24) is 4.98 Å². The molecule has 106 valence electrons. The smallest absolute Gasteiger partial charge is 0.309 e. The fourth-order valence-electron chi connectivity index (χ4n) is 2.19. The Balaban J connectivity index is 2.24. The highest BCUT2D eigenvalue weighted by atomic mass is 16.4. The predicted octanol–water partition coefficient (Wildman–Crippen LogP) is 2.52. The van der Waals surface area contributed by atoms with Gasteiger partial charge in [0.2, 0.25) is 0 Å². The van der Waals surface area contributed by atoms with Crippen molar-refractivity contribution in [3.05, 3.63) is 46.2 Å². The minimum atomic E-state index is -0.927. The molecule has 1 aromatic heterocycles. The number of hydrogen-bond acceptors (Lipinski definition) is 4. The molecule has 2 rings (SSSR count). The first-order valence-electron chi connectivity index (χ1n) is 6.33. The topological polar surface area (TPSA) is 83.6 Å². The molecule has 0 amide bonds. The number of aromatic nitrogens is 1. The number of aryl methyl sites for hydroxylation is 3. The number of aliphatic carboxylic acids is 1. The van der Waals surface area contributed by atoms with Crippen LogP contribution < -0.4 is 0 Å². The molecule has 0 spiro atoms. The van der Waals surface area contributed by atoms with Gasteiger partial charge in [-0.2, -0.15) is 0 Å². The quantitative estimate of drug-likeness (QED) is 0.895. The SMILES string of the molecule is Cc1cc(Cc2nc(CC(=O)O)c(C)o2)cc(C)c1O. The number of carbonyl (C=O) groups is 1. The van der Waals surface area contributed by atoms with E-state index in [0.717, 1.165) is 16.7 Å². The Morgan fingerprint density at radius 2 is 1.85 bits per heavy atom. The van der Waals surface area contributed by atoms with E-state index in [1.165, 1.54) is 0 Å². The van der Waals surface area contributed by atoms with Gasteiger partial charge in [0.15, 0.2) is 5.89 Å². The molecular weight excluding hydrogens is 258 g/mol. The molecule has 2 N–H and O–H groups in total. The highest BCUT2D eigenvalue weighted by Crippen LogP contribution is 2.24. The van der Waals surface area contributed by atoms with Gasteiger partial charge in [-0.05, 0) is 37.5 Å². The van der Waals surface area contributed by atoms with Gasteiger partial charge < -0.3 is 14.6 Å². The largest absolute Gasteiger partial charge is 0.507 e. The number of phenolic OH excluding ortho intramolecular Hbond substituents is 1. The molecule has 0 bridgehead atoms. The van der Waals surface area contributed by atoms with Gasteiger partial charge in [0.05, 0.1) is 12.1 Å². The van der Waals surface area contributed by atoms with Crippen LogP contribution in [0.15, 0.2) is 16.5 Å². The second-order valence-corrected chi connectivity index (χ2v) is 4.94. The normalized spacial score (nSPS) is 10.8. The maximum Gasteiger partial charge on any atom is 0.309 e. The number of nitrogens with zero attached hydrogens (tertiary/aromatic N) is 1. The Morgan fingerprint density at radius 3 is 2.40 bits per heavy atom. The summed E-state index contributed by atoms with van der Waals surface area (Å²) in [6.07, 6.45) is 0.339. The summed E-state index contributed by atoms with van der Waals surface area (Å²) < 4.78 is 5.49. The monoisotopic (exact) mass is 275 g/mol. The molecule has 0 fully saturated rings. The zero-order valence-corrected chi connectivity index (χ0v) is 11.7. The van der Waals surface area contributed by atoms with Gasteiger partial charge >= 0.3 is 5.97 Å². The lowest BCUT2D eigenvalue weighted by molar-refractivity contribution is -0.136. The first kappa shape index (κ1) is 14.1. The van der Waals surface area contributed by atoms with Crippen molar-refractivity contribution in [2.24, 2.45) is 0 Å². The third-order valence-electron chi connectivity index (χ3n) is 3.16. The van der Waals surface area contributed by atoms with Gasteiger partial charge in [0.1, 0.15) is 11.5 Å². The number of benzene rings is 1. The number of carboxylic acids is 1. The van der Waals surface area contributed by atoms with Crippen LogP contribution in [0.4, 0.5) is 0 Å². The second-order valence-electron chi connectivity index (χ2n) is 4.94. The molecule has 0 radical (unpaired) electrons. The average Bonchev–Trinajstić information content (AvgIpc) is 2.65. The molecule has 0 unspecified atom stereocenters. The van der Waals surface area contributed by atoms with E-state index in [1.807, 2.05) is 26.0 Å². The molecule has 2 aromatic rings. The van der Waals surface area contributed by atoms with Crippen molar-refractivity contribution < 1.29 is 19.4 Å². The summed E-state index contributed by atoms with van der Waals surface area (Å²) in [5, 5.41) is 18.5. The van der Waals surface area contributed by atoms with E-state index < -0.39 is 5.97 Å². The lowest BCUT2D eigenvalue weighted by Crippen LogP contribution is -2.02. The second kappa shape index (κ2) is 5.36. The summed E-state index contributed by atoms with van der Waals surface area (Å²) in [5.74, 6) is 0.394. The van der Waals surface area contributed by atoms with Crippen LogP contribution in [-0.4, -0.2) is 21.2 Å². The molecule has 5 nitrogen and oxygen atoms in total. The average molecular weight is 275 g/mol. The van der Waals surface area contributed by atoms with Crippen molar-refractivity contribution in [3.63, 3.8) is 0 Å². The third kappa shape index (κ3) is 2.99. The minimum absolute atomic E-state index is 0.136. The van der Waals surface area contributed by atoms with Crippen molar-refractivity contribution >= 4 is 5.97 Å². The zero-order valence-electron chi connectivity index (χ0n) is 11.7. The van der Waals surface area contributed by atoms with E-state index in [4.69, 9.17) is 9.52 Å². The zero-order chi connectivity index (χ0) is 14.9. The summed E-state index contributed by atoms with van der Waals surface area (Å²) in [6.45, 7) is 5.38. The Bertz CT molecular complexity index is 635. The van der Waals surface area contributed by atoms with Crippen LogP contribution in [-0.2, 0) is 17.6 Å². The van der Waals surface area contributed by atoms with Crippen LogP contribution >= 0.6 is 0 Å². The molecule has 0 atom stereocenters. The minimum Gasteiger partial charge on any atom is -0.507 e. The Labute approximate surface area is 116 Å². The van der Waals surface area contributed by atoms with Gasteiger partial charge in [-0.1, -0.05) is 12.1 Å². The number of oxazole rings is 1. The molecule has 0 aliphatic carbocycles. The maximum atomic E-state index is 10.7. The lowest BCUT2D eigenvalue weighted by Gasteiger charge is -2.06. The Hall–Kier alpha value is -2.30. The molecule has 1 heterocycles. The molecule has 0 aliphatic heterocycles. The first-order valence-corrected chi connectivity index (χ1v) is 6.33. The van der Waals surface area contributed by atoms with Crippen molar-refractivity contribution in [2.75, 3.05) is 0 Å². The van der Waals surface area contributed by atoms with Gasteiger partial charge in [-0.25, -0.2) is 4.98 Å². The summed E-state index contributed by atoms with van der Waals surface area (Å²) in [4.78, 5) is 14.9. The Morgan fingerprint density at radius 1 is 1.25 bits per heavy atom. The van der Waals surface area contributed by atoms with Crippen LogP contribution in [0.25, 0.3) is 0 Å². The van der Waals surface area contributed by atoms with Crippen molar-refractivity contribution in [2.45, 2.75) is 33.6 Å². The Kier molecular flexibility index (Phi) is 3.79. The third-order valence-corrected chi connectivity index (χ3v) is 3.16. The molecule has 0 saturated carbocycles. The molecule has 0 aliphatic rings. The van der Waals surface area contributed by atoms with Gasteiger partial charge in [0, 0.05) is 6.42 Å². The van der Waals surface area contributed by atoms with Crippen LogP contribution in [0.3, 0.4) is 0 Å². The van der Waals surface area contributed by atoms with E-state index in [1.54, 1.807) is 6.92 Å². The highest BCUT2D eigenvalue weighted by Gasteiger charge is 2.14. The molecule has 0 saturated heterocycles. The summed E-state index contributed by atoms with van der Waals surface area (Å²) >= 11 is 0. The number of phenols is 1. The van der Waals surface area contributed by atoms with Crippen LogP contribution in [0.5, 0.6) is 5.75 Å². The number of hydrogen-bond donors (Lipinski definition) is 2. The van der Waals surface area contributed by atoms with Gasteiger partial charge in [-0.3, -0.25) is 4.79 Å². The molecule has 1 aromatic carbocycles. The van der Waals surface area contributed by atoms with E-state index in [9.17, 15) is 9.90 Å². The van der Waals surface area contributed by atoms with E-state index >= 15 is 0 Å². The van der Waals surface area contributed by atoms with Crippen LogP contribution in [0.2, 0.25) is 0 Å². The highest BCUT2D eigenvalue weighted by molar-refractivity contribution is 5.69. The number of carboxylic acid groups (broad SMARTS) is 1. The fraction of sp³-hybridized carbons (Fsp3) is 0.333. The standard InChI is InChI=1S/C15H17NO4/c1-8-4-11(5-9(2)15(8)19)6-13-16-12(7-14(17)18)10(3)20-13/h4-5,19H,6-7H2,1-3H3,(H,17,18). The molecular formula is C15H17NO4. The maximum absolute atomic E-state index is 10.7. The van der Waals surface area contributed by atoms with Crippen molar-refractivity contribution in [1.29, 1.82) is 0 Å².